The maximum atomic E-state index is 12.1. The van der Waals surface area contributed by atoms with Gasteiger partial charge in [0.2, 0.25) is 5.91 Å². The van der Waals surface area contributed by atoms with Crippen LogP contribution in [-0.2, 0) is 4.79 Å². The smallest absolute Gasteiger partial charge is 0.253 e. The zero-order valence-electron chi connectivity index (χ0n) is 15.0. The monoisotopic (exact) mass is 382 g/mol. The molecule has 0 saturated heterocycles. The molecule has 2 N–H and O–H groups in total. The number of hydrogen-bond acceptors (Lipinski definition) is 3. The van der Waals surface area contributed by atoms with Crippen molar-refractivity contribution in [3.63, 3.8) is 0 Å². The number of aryl methyl sites for hydroxylation is 1. The van der Waals surface area contributed by atoms with Crippen LogP contribution in [0.3, 0.4) is 0 Å². The second-order valence-electron chi connectivity index (χ2n) is 6.04. The lowest BCUT2D eigenvalue weighted by molar-refractivity contribution is -0.115. The highest BCUT2D eigenvalue weighted by atomic mass is 35.5. The summed E-state index contributed by atoms with van der Waals surface area (Å²) in [6, 6.07) is 14.1. The second-order valence-corrected chi connectivity index (χ2v) is 6.45. The highest BCUT2D eigenvalue weighted by Gasteiger charge is 2.11. The fourth-order valence-electron chi connectivity index (χ4n) is 2.57. The summed E-state index contributed by atoms with van der Waals surface area (Å²) in [5.74, 6) is -0.713. The average Bonchev–Trinajstić information content (AvgIpc) is 3.00. The van der Waals surface area contributed by atoms with Crippen LogP contribution in [0, 0.1) is 13.8 Å². The minimum Gasteiger partial charge on any atom is -0.343 e. The van der Waals surface area contributed by atoms with Crippen LogP contribution in [0.15, 0.2) is 54.9 Å². The first kappa shape index (κ1) is 18.7. The molecule has 0 radical (unpaired) electrons. The van der Waals surface area contributed by atoms with Crippen LogP contribution in [0.4, 0.5) is 5.69 Å². The van der Waals surface area contributed by atoms with Gasteiger partial charge in [0.25, 0.3) is 5.91 Å². The number of benzene rings is 2. The Balaban J connectivity index is 1.57. The molecule has 0 atom stereocenters. The number of nitrogens with one attached hydrogen (secondary N) is 2. The largest absolute Gasteiger partial charge is 0.343 e. The molecule has 6 nitrogen and oxygen atoms in total. The van der Waals surface area contributed by atoms with Crippen molar-refractivity contribution in [3.8, 4) is 5.69 Å². The third-order valence-corrected chi connectivity index (χ3v) is 4.54. The van der Waals surface area contributed by atoms with Gasteiger partial charge in [-0.05, 0) is 50.2 Å². The molecule has 2 aromatic carbocycles. The first-order chi connectivity index (χ1) is 13.0. The van der Waals surface area contributed by atoms with E-state index in [9.17, 15) is 9.59 Å². The molecule has 0 aliphatic carbocycles. The van der Waals surface area contributed by atoms with Crippen molar-refractivity contribution in [1.29, 1.82) is 0 Å². The van der Waals surface area contributed by atoms with E-state index in [4.69, 9.17) is 11.6 Å². The van der Waals surface area contributed by atoms with E-state index in [1.807, 2.05) is 30.5 Å². The Labute approximate surface area is 162 Å². The van der Waals surface area contributed by atoms with Gasteiger partial charge < -0.3 is 15.2 Å². The lowest BCUT2D eigenvalue weighted by atomic mass is 10.2. The van der Waals surface area contributed by atoms with E-state index in [2.05, 4.69) is 15.6 Å². The minimum absolute atomic E-state index is 0.147. The number of carbonyl (C=O) groups is 2. The summed E-state index contributed by atoms with van der Waals surface area (Å²) >= 11 is 5.97. The number of aromatic nitrogens is 2. The molecule has 3 rings (SSSR count). The van der Waals surface area contributed by atoms with Crippen molar-refractivity contribution >= 4 is 29.1 Å². The Morgan fingerprint density at radius 1 is 1.07 bits per heavy atom. The van der Waals surface area contributed by atoms with Gasteiger partial charge in [-0.1, -0.05) is 23.7 Å². The lowest BCUT2D eigenvalue weighted by Gasteiger charge is -2.09. The molecule has 0 saturated carbocycles. The maximum Gasteiger partial charge on any atom is 0.253 e. The first-order valence-electron chi connectivity index (χ1n) is 8.39. The van der Waals surface area contributed by atoms with E-state index in [1.54, 1.807) is 42.7 Å². The zero-order valence-corrected chi connectivity index (χ0v) is 15.7. The third-order valence-electron chi connectivity index (χ3n) is 4.21. The molecule has 1 aromatic heterocycles. The summed E-state index contributed by atoms with van der Waals surface area (Å²) in [7, 11) is 0. The average molecular weight is 383 g/mol. The van der Waals surface area contributed by atoms with E-state index >= 15 is 0 Å². The Bertz CT molecular complexity index is 980. The molecule has 0 bridgehead atoms. The van der Waals surface area contributed by atoms with Gasteiger partial charge >= 0.3 is 0 Å². The van der Waals surface area contributed by atoms with Gasteiger partial charge in [0.15, 0.2) is 0 Å². The molecular formula is C20H19ClN4O2. The quantitative estimate of drug-likeness (QED) is 0.709. The molecule has 3 aromatic rings. The third kappa shape index (κ3) is 4.35. The van der Waals surface area contributed by atoms with E-state index in [-0.39, 0.29) is 12.5 Å². The Morgan fingerprint density at radius 2 is 1.78 bits per heavy atom. The fourth-order valence-corrected chi connectivity index (χ4v) is 2.79. The van der Waals surface area contributed by atoms with Crippen LogP contribution >= 0.6 is 11.6 Å². The predicted molar refractivity (Wildman–Crippen MR) is 105 cm³/mol. The normalized spacial score (nSPS) is 10.5. The van der Waals surface area contributed by atoms with Crippen LogP contribution in [0.2, 0.25) is 5.02 Å². The molecule has 7 heteroatoms. The Hall–Kier alpha value is -3.12. The number of hydrogen-bond donors (Lipinski definition) is 2. The van der Waals surface area contributed by atoms with Gasteiger partial charge in [0, 0.05) is 17.1 Å². The topological polar surface area (TPSA) is 76.0 Å². The van der Waals surface area contributed by atoms with Gasteiger partial charge in [-0.25, -0.2) is 4.98 Å². The predicted octanol–water partition coefficient (Wildman–Crippen LogP) is 3.51. The van der Waals surface area contributed by atoms with E-state index < -0.39 is 5.91 Å². The SMILES string of the molecule is Cc1ncn(-c2ccc(NC(=O)CNC(=O)c3ccccc3Cl)cc2)c1C. The molecule has 0 spiro atoms. The van der Waals surface area contributed by atoms with Crippen molar-refractivity contribution in [2.75, 3.05) is 11.9 Å². The van der Waals surface area contributed by atoms with Crippen LogP contribution in [0.25, 0.3) is 5.69 Å². The maximum absolute atomic E-state index is 12.1. The standard InChI is InChI=1S/C20H19ClN4O2/c1-13-14(2)25(12-23-13)16-9-7-15(8-10-16)24-19(26)11-22-20(27)17-5-3-4-6-18(17)21/h3-10,12H,11H2,1-2H3,(H,22,27)(H,24,26). The van der Waals surface area contributed by atoms with Gasteiger partial charge in [-0.3, -0.25) is 9.59 Å². The second kappa shape index (κ2) is 8.05. The number of rotatable bonds is 5. The number of carbonyl (C=O) groups excluding carboxylic acids is 2. The number of amides is 2. The number of anilines is 1. The van der Waals surface area contributed by atoms with Gasteiger partial charge in [0.05, 0.1) is 29.2 Å². The van der Waals surface area contributed by atoms with Gasteiger partial charge in [-0.15, -0.1) is 0 Å². The van der Waals surface area contributed by atoms with Crippen molar-refractivity contribution in [2.24, 2.45) is 0 Å². The fraction of sp³-hybridized carbons (Fsp3) is 0.150. The van der Waals surface area contributed by atoms with Crippen LogP contribution in [0.5, 0.6) is 0 Å². The molecule has 0 fully saturated rings. The highest BCUT2D eigenvalue weighted by Crippen LogP contribution is 2.17. The summed E-state index contributed by atoms with van der Waals surface area (Å²) in [4.78, 5) is 28.4. The number of halogens is 1. The highest BCUT2D eigenvalue weighted by molar-refractivity contribution is 6.33. The zero-order chi connectivity index (χ0) is 19.4. The molecule has 0 aliphatic heterocycles. The Morgan fingerprint density at radius 3 is 2.41 bits per heavy atom. The summed E-state index contributed by atoms with van der Waals surface area (Å²) < 4.78 is 1.98. The van der Waals surface area contributed by atoms with Crippen molar-refractivity contribution in [3.05, 3.63) is 76.8 Å². The molecule has 138 valence electrons. The van der Waals surface area contributed by atoms with Crippen LogP contribution in [-0.4, -0.2) is 27.9 Å². The molecule has 0 unspecified atom stereocenters. The van der Waals surface area contributed by atoms with E-state index in [1.165, 1.54) is 0 Å². The molecule has 0 aliphatic rings. The lowest BCUT2D eigenvalue weighted by Crippen LogP contribution is -2.33. The van der Waals surface area contributed by atoms with Crippen molar-refractivity contribution in [1.82, 2.24) is 14.9 Å². The summed E-state index contributed by atoms with van der Waals surface area (Å²) in [5.41, 5.74) is 3.97. The minimum atomic E-state index is -0.392. The van der Waals surface area contributed by atoms with E-state index in [0.29, 0.717) is 16.3 Å². The molecule has 1 heterocycles. The van der Waals surface area contributed by atoms with Crippen LogP contribution < -0.4 is 10.6 Å². The Kier molecular flexibility index (Phi) is 5.57. The van der Waals surface area contributed by atoms with Crippen molar-refractivity contribution < 1.29 is 9.59 Å². The van der Waals surface area contributed by atoms with Crippen molar-refractivity contribution in [2.45, 2.75) is 13.8 Å². The summed E-state index contributed by atoms with van der Waals surface area (Å²) in [6.45, 7) is 3.81. The number of imidazole rings is 1. The van der Waals surface area contributed by atoms with Gasteiger partial charge in [0.1, 0.15) is 0 Å². The molecule has 2 amide bonds. The summed E-state index contributed by atoms with van der Waals surface area (Å²) in [6.07, 6.45) is 1.77. The molecular weight excluding hydrogens is 364 g/mol. The number of nitrogens with zero attached hydrogens (tertiary/aromatic N) is 2. The van der Waals surface area contributed by atoms with Gasteiger partial charge in [-0.2, -0.15) is 0 Å². The first-order valence-corrected chi connectivity index (χ1v) is 8.77. The van der Waals surface area contributed by atoms with Crippen LogP contribution in [0.1, 0.15) is 21.7 Å². The van der Waals surface area contributed by atoms with E-state index in [0.717, 1.165) is 17.1 Å². The molecule has 27 heavy (non-hydrogen) atoms. The summed E-state index contributed by atoms with van der Waals surface area (Å²) in [5, 5.41) is 5.65.